The summed E-state index contributed by atoms with van der Waals surface area (Å²) in [7, 11) is 1.47. The maximum Gasteiger partial charge on any atom is 0.387 e. The quantitative estimate of drug-likeness (QED) is 0.740. The van der Waals surface area contributed by atoms with Gasteiger partial charge in [-0.05, 0) is 30.7 Å². The Morgan fingerprint density at radius 2 is 2.00 bits per heavy atom. The van der Waals surface area contributed by atoms with Gasteiger partial charge in [0.05, 0.1) is 5.69 Å². The van der Waals surface area contributed by atoms with Crippen molar-refractivity contribution in [1.82, 2.24) is 15.1 Å². The number of nitrogens with zero attached hydrogens (tertiary/aromatic N) is 2. The van der Waals surface area contributed by atoms with E-state index in [1.807, 2.05) is 6.92 Å². The average Bonchev–Trinajstić information content (AvgIpc) is 3.03. The number of carbonyl (C=O) groups is 2. The zero-order valence-corrected chi connectivity index (χ0v) is 14.2. The third-order valence-corrected chi connectivity index (χ3v) is 3.32. The van der Waals surface area contributed by atoms with E-state index in [0.29, 0.717) is 17.8 Å². The lowest BCUT2D eigenvalue weighted by atomic mass is 10.2. The van der Waals surface area contributed by atoms with Gasteiger partial charge in [0.1, 0.15) is 5.75 Å². The molecule has 1 aromatic heterocycles. The Bertz CT molecular complexity index is 801. The number of carbonyl (C=O) groups excluding carboxylic acids is 2. The van der Waals surface area contributed by atoms with Crippen LogP contribution in [0.5, 0.6) is 5.75 Å². The number of nitrogens with one attached hydrogen (secondary N) is 2. The van der Waals surface area contributed by atoms with Crippen LogP contribution in [0, 0.1) is 0 Å². The van der Waals surface area contributed by atoms with Crippen molar-refractivity contribution < 1.29 is 23.1 Å². The Morgan fingerprint density at radius 3 is 2.58 bits per heavy atom. The van der Waals surface area contributed by atoms with E-state index in [4.69, 9.17) is 0 Å². The summed E-state index contributed by atoms with van der Waals surface area (Å²) in [5, 5.41) is 9.15. The number of benzene rings is 1. The molecule has 138 valence electrons. The van der Waals surface area contributed by atoms with Gasteiger partial charge in [0.2, 0.25) is 5.91 Å². The van der Waals surface area contributed by atoms with Crippen LogP contribution in [0.25, 0.3) is 6.08 Å². The molecular weight excluding hydrogens is 346 g/mol. The van der Waals surface area contributed by atoms with E-state index in [-0.39, 0.29) is 11.4 Å². The van der Waals surface area contributed by atoms with Gasteiger partial charge in [0.25, 0.3) is 5.91 Å². The Balaban J connectivity index is 2.05. The van der Waals surface area contributed by atoms with Crippen molar-refractivity contribution in [3.05, 3.63) is 47.8 Å². The fourth-order valence-electron chi connectivity index (χ4n) is 2.07. The standard InChI is InChI=1S/C17H18F2N4O3/c1-3-23-10-13(15(22-23)16(25)20-2)21-14(24)9-6-11-4-7-12(8-5-11)26-17(18)19/h4-10,17H,3H2,1-2H3,(H,20,25)(H,21,24)/b9-6-. The van der Waals surface area contributed by atoms with Crippen LogP contribution >= 0.6 is 0 Å². The van der Waals surface area contributed by atoms with Crippen molar-refractivity contribution in [3.8, 4) is 5.75 Å². The van der Waals surface area contributed by atoms with Crippen molar-refractivity contribution in [2.45, 2.75) is 20.1 Å². The second-order valence-electron chi connectivity index (χ2n) is 5.10. The first-order chi connectivity index (χ1) is 12.4. The summed E-state index contributed by atoms with van der Waals surface area (Å²) in [5.41, 5.74) is 1.03. The molecule has 2 amide bonds. The largest absolute Gasteiger partial charge is 0.435 e. The topological polar surface area (TPSA) is 85.2 Å². The first-order valence-electron chi connectivity index (χ1n) is 7.76. The third-order valence-electron chi connectivity index (χ3n) is 3.32. The Labute approximate surface area is 148 Å². The molecule has 0 radical (unpaired) electrons. The van der Waals surface area contributed by atoms with Gasteiger partial charge in [0.15, 0.2) is 5.69 Å². The molecule has 2 aromatic rings. The van der Waals surface area contributed by atoms with Crippen molar-refractivity contribution in [2.24, 2.45) is 0 Å². The van der Waals surface area contributed by atoms with E-state index >= 15 is 0 Å². The monoisotopic (exact) mass is 364 g/mol. The van der Waals surface area contributed by atoms with Crippen molar-refractivity contribution in [2.75, 3.05) is 12.4 Å². The number of hydrogen-bond acceptors (Lipinski definition) is 4. The van der Waals surface area contributed by atoms with Crippen molar-refractivity contribution >= 4 is 23.6 Å². The van der Waals surface area contributed by atoms with Gasteiger partial charge in [-0.3, -0.25) is 14.3 Å². The lowest BCUT2D eigenvalue weighted by Gasteiger charge is -2.04. The van der Waals surface area contributed by atoms with Gasteiger partial charge in [-0.15, -0.1) is 0 Å². The second-order valence-corrected chi connectivity index (χ2v) is 5.10. The minimum absolute atomic E-state index is 0.0313. The lowest BCUT2D eigenvalue weighted by Crippen LogP contribution is -2.21. The minimum Gasteiger partial charge on any atom is -0.435 e. The van der Waals surface area contributed by atoms with Crippen LogP contribution in [-0.2, 0) is 11.3 Å². The SMILES string of the molecule is CCn1cc(NC(=O)/C=C\c2ccc(OC(F)F)cc2)c(C(=O)NC)n1. The van der Waals surface area contributed by atoms with Gasteiger partial charge in [0, 0.05) is 25.9 Å². The number of aromatic nitrogens is 2. The van der Waals surface area contributed by atoms with Gasteiger partial charge in [-0.25, -0.2) is 0 Å². The van der Waals surface area contributed by atoms with Crippen LogP contribution in [0.15, 0.2) is 36.5 Å². The van der Waals surface area contributed by atoms with E-state index in [9.17, 15) is 18.4 Å². The van der Waals surface area contributed by atoms with E-state index in [1.54, 1.807) is 6.20 Å². The fourth-order valence-corrected chi connectivity index (χ4v) is 2.07. The number of aryl methyl sites for hydroxylation is 1. The molecule has 1 heterocycles. The van der Waals surface area contributed by atoms with Gasteiger partial charge >= 0.3 is 6.61 Å². The molecule has 0 atom stereocenters. The van der Waals surface area contributed by atoms with Gasteiger partial charge < -0.3 is 15.4 Å². The highest BCUT2D eigenvalue weighted by atomic mass is 19.3. The maximum absolute atomic E-state index is 12.1. The first-order valence-corrected chi connectivity index (χ1v) is 7.76. The number of alkyl halides is 2. The Morgan fingerprint density at radius 1 is 1.31 bits per heavy atom. The first kappa shape index (κ1) is 19.1. The van der Waals surface area contributed by atoms with Crippen molar-refractivity contribution in [3.63, 3.8) is 0 Å². The highest BCUT2D eigenvalue weighted by molar-refractivity contribution is 6.06. The summed E-state index contributed by atoms with van der Waals surface area (Å²) in [6.45, 7) is -0.489. The minimum atomic E-state index is -2.89. The number of rotatable bonds is 7. The normalized spacial score (nSPS) is 11.0. The van der Waals surface area contributed by atoms with E-state index in [0.717, 1.165) is 0 Å². The van der Waals surface area contributed by atoms with Crippen LogP contribution in [0.2, 0.25) is 0 Å². The molecule has 0 fully saturated rings. The molecule has 1 aromatic carbocycles. The zero-order valence-electron chi connectivity index (χ0n) is 14.2. The lowest BCUT2D eigenvalue weighted by molar-refractivity contribution is -0.111. The summed E-state index contributed by atoms with van der Waals surface area (Å²) < 4.78 is 30.0. The maximum atomic E-state index is 12.1. The molecular formula is C17H18F2N4O3. The Kier molecular flexibility index (Phi) is 6.42. The number of amides is 2. The molecule has 0 bridgehead atoms. The van der Waals surface area contributed by atoms with Crippen LogP contribution < -0.4 is 15.4 Å². The molecule has 0 saturated heterocycles. The highest BCUT2D eigenvalue weighted by Gasteiger charge is 2.16. The molecule has 7 nitrogen and oxygen atoms in total. The molecule has 2 N–H and O–H groups in total. The molecule has 0 unspecified atom stereocenters. The average molecular weight is 364 g/mol. The number of halogens is 2. The van der Waals surface area contributed by atoms with Crippen LogP contribution in [0.3, 0.4) is 0 Å². The molecule has 2 rings (SSSR count). The summed E-state index contributed by atoms with van der Waals surface area (Å²) in [6.07, 6.45) is 4.33. The molecule has 0 spiro atoms. The summed E-state index contributed by atoms with van der Waals surface area (Å²) >= 11 is 0. The van der Waals surface area contributed by atoms with E-state index in [2.05, 4.69) is 20.5 Å². The molecule has 0 aliphatic rings. The van der Waals surface area contributed by atoms with Gasteiger partial charge in [-0.2, -0.15) is 13.9 Å². The van der Waals surface area contributed by atoms with Crippen LogP contribution in [-0.4, -0.2) is 35.3 Å². The molecule has 0 aliphatic carbocycles. The predicted octanol–water partition coefficient (Wildman–Crippen LogP) is 2.52. The predicted molar refractivity (Wildman–Crippen MR) is 92.0 cm³/mol. The van der Waals surface area contributed by atoms with Gasteiger partial charge in [-0.1, -0.05) is 12.1 Å². The molecule has 9 heteroatoms. The summed E-state index contributed by atoms with van der Waals surface area (Å²) in [6, 6.07) is 5.82. The molecule has 26 heavy (non-hydrogen) atoms. The molecule has 0 saturated carbocycles. The van der Waals surface area contributed by atoms with E-state index < -0.39 is 18.4 Å². The van der Waals surface area contributed by atoms with Crippen LogP contribution in [0.1, 0.15) is 23.0 Å². The second kappa shape index (κ2) is 8.75. The third kappa shape index (κ3) is 5.13. The summed E-state index contributed by atoms with van der Waals surface area (Å²) in [5.74, 6) is -0.839. The van der Waals surface area contributed by atoms with E-state index in [1.165, 1.54) is 48.1 Å². The fraction of sp³-hybridized carbons (Fsp3) is 0.235. The smallest absolute Gasteiger partial charge is 0.387 e. The zero-order chi connectivity index (χ0) is 19.1. The highest BCUT2D eigenvalue weighted by Crippen LogP contribution is 2.16. The number of anilines is 1. The Hall–Kier alpha value is -3.23. The number of hydrogen-bond donors (Lipinski definition) is 2. The van der Waals surface area contributed by atoms with Crippen molar-refractivity contribution in [1.29, 1.82) is 0 Å². The summed E-state index contributed by atoms with van der Waals surface area (Å²) in [4.78, 5) is 23.9. The number of ether oxygens (including phenoxy) is 1. The van der Waals surface area contributed by atoms with Crippen LogP contribution in [0.4, 0.5) is 14.5 Å². The molecule has 0 aliphatic heterocycles.